The molecule has 0 spiro atoms. The first-order valence-corrected chi connectivity index (χ1v) is 7.84. The summed E-state index contributed by atoms with van der Waals surface area (Å²) in [7, 11) is -4.09. The lowest BCUT2D eigenvalue weighted by Gasteiger charge is -2.13. The molecule has 0 bridgehead atoms. The lowest BCUT2D eigenvalue weighted by molar-refractivity contribution is -0.137. The summed E-state index contributed by atoms with van der Waals surface area (Å²) >= 11 is 0. The van der Waals surface area contributed by atoms with Crippen molar-refractivity contribution in [2.75, 3.05) is 0 Å². The van der Waals surface area contributed by atoms with Gasteiger partial charge in [0.2, 0.25) is 10.0 Å². The molecule has 0 saturated carbocycles. The summed E-state index contributed by atoms with van der Waals surface area (Å²) < 4.78 is 69.9. The molecule has 0 fully saturated rings. The summed E-state index contributed by atoms with van der Waals surface area (Å²) in [5.41, 5.74) is -1.02. The van der Waals surface area contributed by atoms with Gasteiger partial charge in [-0.25, -0.2) is 13.1 Å². The molecule has 8 heteroatoms. The Balaban J connectivity index is 2.27. The molecule has 1 atom stereocenters. The molecular weight excluding hydrogens is 319 g/mol. The van der Waals surface area contributed by atoms with Crippen molar-refractivity contribution in [3.8, 4) is 0 Å². The molecule has 0 saturated heterocycles. The molecule has 1 aromatic carbocycles. The van der Waals surface area contributed by atoms with Gasteiger partial charge >= 0.3 is 6.18 Å². The van der Waals surface area contributed by atoms with Gasteiger partial charge in [0.05, 0.1) is 16.5 Å². The second kappa shape index (κ2) is 5.77. The Labute approximate surface area is 126 Å². The van der Waals surface area contributed by atoms with Gasteiger partial charge in [-0.1, -0.05) is 6.07 Å². The average molecular weight is 333 g/mol. The number of aryl methyl sites for hydroxylation is 1. The number of rotatable bonds is 4. The van der Waals surface area contributed by atoms with E-state index in [0.717, 1.165) is 18.2 Å². The average Bonchev–Trinajstić information content (AvgIpc) is 2.84. The van der Waals surface area contributed by atoms with Crippen LogP contribution in [0.25, 0.3) is 0 Å². The van der Waals surface area contributed by atoms with Crippen molar-refractivity contribution in [1.82, 2.24) is 4.72 Å². The Morgan fingerprint density at radius 3 is 2.41 bits per heavy atom. The number of furan rings is 1. The molecule has 1 unspecified atom stereocenters. The van der Waals surface area contributed by atoms with Gasteiger partial charge in [-0.05, 0) is 44.2 Å². The molecular formula is C14H14F3NO3S. The van der Waals surface area contributed by atoms with Gasteiger partial charge in [-0.3, -0.25) is 0 Å². The highest BCUT2D eigenvalue weighted by atomic mass is 32.2. The van der Waals surface area contributed by atoms with Crippen molar-refractivity contribution < 1.29 is 26.0 Å². The molecule has 1 N–H and O–H groups in total. The van der Waals surface area contributed by atoms with Gasteiger partial charge in [0.1, 0.15) is 11.5 Å². The predicted octanol–water partition coefficient (Wildman–Crippen LogP) is 3.65. The van der Waals surface area contributed by atoms with E-state index in [1.807, 2.05) is 0 Å². The zero-order valence-corrected chi connectivity index (χ0v) is 12.6. The Kier molecular flexibility index (Phi) is 4.35. The Hall–Kier alpha value is -1.80. The summed E-state index contributed by atoms with van der Waals surface area (Å²) in [6.45, 7) is 3.25. The van der Waals surface area contributed by atoms with Crippen molar-refractivity contribution in [2.45, 2.75) is 31.0 Å². The smallest absolute Gasteiger partial charge is 0.416 e. The summed E-state index contributed by atoms with van der Waals surface area (Å²) in [5.74, 6) is 0.994. The Morgan fingerprint density at radius 1 is 1.18 bits per heavy atom. The minimum atomic E-state index is -4.60. The molecule has 22 heavy (non-hydrogen) atoms. The molecule has 0 aliphatic carbocycles. The van der Waals surface area contributed by atoms with Crippen LogP contribution >= 0.6 is 0 Å². The van der Waals surface area contributed by atoms with Gasteiger partial charge in [0.25, 0.3) is 0 Å². The molecule has 1 aromatic heterocycles. The van der Waals surface area contributed by atoms with E-state index in [4.69, 9.17) is 4.42 Å². The lowest BCUT2D eigenvalue weighted by atomic mass is 10.2. The van der Waals surface area contributed by atoms with Crippen LogP contribution < -0.4 is 4.72 Å². The van der Waals surface area contributed by atoms with Crippen LogP contribution in [0.1, 0.15) is 30.0 Å². The van der Waals surface area contributed by atoms with Crippen LogP contribution in [0.3, 0.4) is 0 Å². The minimum absolute atomic E-state index is 0.382. The van der Waals surface area contributed by atoms with Crippen molar-refractivity contribution in [1.29, 1.82) is 0 Å². The maximum Gasteiger partial charge on any atom is 0.416 e. The Morgan fingerprint density at radius 2 is 1.86 bits per heavy atom. The summed E-state index contributed by atoms with van der Waals surface area (Å²) in [6, 6.07) is 6.16. The molecule has 120 valence electrons. The molecule has 0 amide bonds. The first-order chi connectivity index (χ1) is 10.1. The van der Waals surface area contributed by atoms with Gasteiger partial charge < -0.3 is 4.42 Å². The van der Waals surface area contributed by atoms with Crippen LogP contribution in [0.4, 0.5) is 13.2 Å². The number of alkyl halides is 3. The number of sulfonamides is 1. The van der Waals surface area contributed by atoms with Crippen LogP contribution in [-0.4, -0.2) is 8.42 Å². The second-order valence-electron chi connectivity index (χ2n) is 4.82. The van der Waals surface area contributed by atoms with Crippen molar-refractivity contribution in [3.05, 3.63) is 53.5 Å². The van der Waals surface area contributed by atoms with E-state index >= 15 is 0 Å². The fraction of sp³-hybridized carbons (Fsp3) is 0.286. The molecule has 2 aromatic rings. The number of nitrogens with one attached hydrogen (secondary N) is 1. The molecule has 0 radical (unpaired) electrons. The topological polar surface area (TPSA) is 59.3 Å². The number of hydrogen-bond acceptors (Lipinski definition) is 3. The highest BCUT2D eigenvalue weighted by molar-refractivity contribution is 7.89. The van der Waals surface area contributed by atoms with Gasteiger partial charge in [0.15, 0.2) is 0 Å². The van der Waals surface area contributed by atoms with E-state index in [9.17, 15) is 21.6 Å². The first kappa shape index (κ1) is 16.6. The lowest BCUT2D eigenvalue weighted by Crippen LogP contribution is -2.27. The third kappa shape index (κ3) is 3.69. The van der Waals surface area contributed by atoms with Crippen molar-refractivity contribution >= 4 is 10.0 Å². The summed E-state index contributed by atoms with van der Waals surface area (Å²) in [6.07, 6.45) is -4.60. The van der Waals surface area contributed by atoms with Crippen molar-refractivity contribution in [2.24, 2.45) is 0 Å². The van der Waals surface area contributed by atoms with E-state index in [1.54, 1.807) is 26.0 Å². The summed E-state index contributed by atoms with van der Waals surface area (Å²) in [5, 5.41) is 0. The van der Waals surface area contributed by atoms with Crippen LogP contribution in [0, 0.1) is 6.92 Å². The predicted molar refractivity (Wildman–Crippen MR) is 73.6 cm³/mol. The van der Waals surface area contributed by atoms with Crippen molar-refractivity contribution in [3.63, 3.8) is 0 Å². The largest absolute Gasteiger partial charge is 0.465 e. The zero-order valence-electron chi connectivity index (χ0n) is 11.8. The van der Waals surface area contributed by atoms with Crippen LogP contribution in [0.5, 0.6) is 0 Å². The molecule has 2 rings (SSSR count). The highest BCUT2D eigenvalue weighted by Gasteiger charge is 2.32. The van der Waals surface area contributed by atoms with E-state index < -0.39 is 32.7 Å². The normalized spacial score (nSPS) is 14.0. The SMILES string of the molecule is Cc1ccc(C(C)NS(=O)(=O)c2cccc(C(F)(F)F)c2)o1. The quantitative estimate of drug-likeness (QED) is 0.929. The van der Waals surface area contributed by atoms with E-state index in [2.05, 4.69) is 4.72 Å². The van der Waals surface area contributed by atoms with E-state index in [1.165, 1.54) is 0 Å². The maximum atomic E-state index is 12.7. The first-order valence-electron chi connectivity index (χ1n) is 6.35. The van der Waals surface area contributed by atoms with Crippen LogP contribution in [0.15, 0.2) is 45.7 Å². The van der Waals surface area contributed by atoms with Crippen LogP contribution in [0.2, 0.25) is 0 Å². The van der Waals surface area contributed by atoms with Gasteiger partial charge in [-0.2, -0.15) is 13.2 Å². The standard InChI is InChI=1S/C14H14F3NO3S/c1-9-6-7-13(21-9)10(2)18-22(19,20)12-5-3-4-11(8-12)14(15,16)17/h3-8,10,18H,1-2H3. The molecule has 0 aliphatic rings. The fourth-order valence-electron chi connectivity index (χ4n) is 1.88. The zero-order chi connectivity index (χ0) is 16.5. The van der Waals surface area contributed by atoms with E-state index in [-0.39, 0.29) is 0 Å². The fourth-order valence-corrected chi connectivity index (χ4v) is 3.14. The molecule has 0 aliphatic heterocycles. The molecule has 4 nitrogen and oxygen atoms in total. The van der Waals surface area contributed by atoms with E-state index in [0.29, 0.717) is 17.6 Å². The third-order valence-electron chi connectivity index (χ3n) is 2.99. The van der Waals surface area contributed by atoms with Crippen LogP contribution in [-0.2, 0) is 16.2 Å². The second-order valence-corrected chi connectivity index (χ2v) is 6.53. The third-order valence-corrected chi connectivity index (χ3v) is 4.53. The minimum Gasteiger partial charge on any atom is -0.465 e. The molecule has 1 heterocycles. The van der Waals surface area contributed by atoms with Gasteiger partial charge in [0, 0.05) is 0 Å². The number of hydrogen-bond donors (Lipinski definition) is 1. The summed E-state index contributed by atoms with van der Waals surface area (Å²) in [4.78, 5) is -0.447. The number of halogens is 3. The maximum absolute atomic E-state index is 12.7. The highest BCUT2D eigenvalue weighted by Crippen LogP contribution is 2.30. The van der Waals surface area contributed by atoms with Gasteiger partial charge in [-0.15, -0.1) is 0 Å². The number of benzene rings is 1. The monoisotopic (exact) mass is 333 g/mol. The Bertz CT molecular complexity index is 766.